The van der Waals surface area contributed by atoms with Gasteiger partial charge in [0.15, 0.2) is 12.4 Å². The summed E-state index contributed by atoms with van der Waals surface area (Å²) in [5, 5.41) is 22.3. The molecule has 0 bridgehead atoms. The third kappa shape index (κ3) is 8.28. The summed E-state index contributed by atoms with van der Waals surface area (Å²) in [5.74, 6) is -0.842. The number of likely N-dealkylation sites (tertiary alicyclic amines) is 1. The molecular weight excluding hydrogens is 548 g/mol. The van der Waals surface area contributed by atoms with Crippen molar-refractivity contribution in [3.8, 4) is 11.1 Å². The number of hydrogen-bond donors (Lipinski definition) is 3. The Bertz CT molecular complexity index is 1380. The van der Waals surface area contributed by atoms with Crippen molar-refractivity contribution in [3.63, 3.8) is 0 Å². The molecule has 0 aliphatic carbocycles. The Kier molecular flexibility index (Phi) is 10.2. The van der Waals surface area contributed by atoms with Crippen LogP contribution in [0.1, 0.15) is 61.3 Å². The number of nitrogens with one attached hydrogen (secondary N) is 1. The zero-order valence-corrected chi connectivity index (χ0v) is 24.6. The molecule has 0 radical (unpaired) electrons. The highest BCUT2D eigenvalue weighted by molar-refractivity contribution is 5.82. The third-order valence-electron chi connectivity index (χ3n) is 7.95. The Labute approximate surface area is 252 Å². The van der Waals surface area contributed by atoms with Crippen LogP contribution in [0, 0.1) is 0 Å². The van der Waals surface area contributed by atoms with Gasteiger partial charge in [0, 0.05) is 45.1 Å². The fourth-order valence-corrected chi connectivity index (χ4v) is 5.63. The first-order valence-electron chi connectivity index (χ1n) is 14.8. The molecule has 2 aliphatic heterocycles. The molecule has 0 aromatic heterocycles. The minimum absolute atomic E-state index is 0.00334. The number of β-amino-alcohol motifs (C(OH)–C–C–N with tert-alkyl or cyclic N) is 1. The molecule has 5 unspecified atom stereocenters. The van der Waals surface area contributed by atoms with Gasteiger partial charge in [0.2, 0.25) is 0 Å². The molecule has 3 aromatic carbocycles. The minimum atomic E-state index is -0.849. The second kappa shape index (κ2) is 14.2. The maximum Gasteiger partial charge on any atom is 0.303 e. The average Bonchev–Trinajstić information content (AvgIpc) is 3.43. The Balaban J connectivity index is 1.28. The number of carbonyl (C=O) groups is 2. The molecular formula is C34H40N2O7. The van der Waals surface area contributed by atoms with Crippen molar-refractivity contribution in [2.24, 2.45) is 0 Å². The number of aliphatic hydroxyl groups is 2. The standard InChI is InChI=1S/C34H40N2O7/c1-22(41-23(2)38)33(40)35-18-25-4-3-5-29(16-25)26-10-12-28(13-11-26)34-42-31(20-36-15-14-30(39)19-36)17-32(43-34)27-8-6-24(21-37)7-9-27/h3-13,16,22,30-32,34,37,39H,14-15,17-21H2,1-2H3,(H,35,40). The molecule has 2 fully saturated rings. The second-order valence-electron chi connectivity index (χ2n) is 11.3. The molecule has 9 heteroatoms. The van der Waals surface area contributed by atoms with Gasteiger partial charge in [-0.25, -0.2) is 0 Å². The predicted molar refractivity (Wildman–Crippen MR) is 160 cm³/mol. The molecule has 5 rings (SSSR count). The lowest BCUT2D eigenvalue weighted by Crippen LogP contribution is -2.38. The van der Waals surface area contributed by atoms with E-state index in [9.17, 15) is 19.8 Å². The van der Waals surface area contributed by atoms with Gasteiger partial charge >= 0.3 is 5.97 Å². The molecule has 3 aromatic rings. The van der Waals surface area contributed by atoms with Gasteiger partial charge in [0.1, 0.15) is 0 Å². The monoisotopic (exact) mass is 588 g/mol. The summed E-state index contributed by atoms with van der Waals surface area (Å²) < 4.78 is 17.9. The topological polar surface area (TPSA) is 118 Å². The van der Waals surface area contributed by atoms with Gasteiger partial charge in [0.25, 0.3) is 5.91 Å². The summed E-state index contributed by atoms with van der Waals surface area (Å²) in [6.45, 7) is 5.37. The summed E-state index contributed by atoms with van der Waals surface area (Å²) >= 11 is 0. The molecule has 2 saturated heterocycles. The third-order valence-corrected chi connectivity index (χ3v) is 7.95. The van der Waals surface area contributed by atoms with Crippen LogP contribution in [0.4, 0.5) is 0 Å². The quantitative estimate of drug-likeness (QED) is 0.304. The predicted octanol–water partition coefficient (Wildman–Crippen LogP) is 4.03. The van der Waals surface area contributed by atoms with E-state index >= 15 is 0 Å². The molecule has 2 heterocycles. The number of ether oxygens (including phenoxy) is 3. The number of benzene rings is 3. The number of carbonyl (C=O) groups excluding carboxylic acids is 2. The number of nitrogens with zero attached hydrogens (tertiary/aromatic N) is 1. The summed E-state index contributed by atoms with van der Waals surface area (Å²) in [7, 11) is 0. The van der Waals surface area contributed by atoms with Gasteiger partial charge in [0.05, 0.1) is 24.9 Å². The molecule has 1 amide bonds. The Hall–Kier alpha value is -3.60. The van der Waals surface area contributed by atoms with Gasteiger partial charge in [-0.3, -0.25) is 14.5 Å². The molecule has 0 saturated carbocycles. The number of aliphatic hydroxyl groups excluding tert-OH is 2. The SMILES string of the molecule is CC(=O)OC(C)C(=O)NCc1cccc(-c2ccc(C3OC(CN4CCC(O)C4)CC(c4ccc(CO)cc4)O3)cc2)c1. The first-order valence-corrected chi connectivity index (χ1v) is 14.8. The summed E-state index contributed by atoms with van der Waals surface area (Å²) in [6.07, 6.45) is -0.448. The van der Waals surface area contributed by atoms with E-state index in [1.165, 1.54) is 6.92 Å². The van der Waals surface area contributed by atoms with Crippen LogP contribution in [-0.2, 0) is 37.0 Å². The van der Waals surface area contributed by atoms with Crippen LogP contribution in [0.25, 0.3) is 11.1 Å². The van der Waals surface area contributed by atoms with Crippen molar-refractivity contribution in [1.82, 2.24) is 10.2 Å². The maximum absolute atomic E-state index is 12.2. The van der Waals surface area contributed by atoms with E-state index in [0.717, 1.165) is 52.9 Å². The molecule has 228 valence electrons. The summed E-state index contributed by atoms with van der Waals surface area (Å²) in [4.78, 5) is 25.6. The van der Waals surface area contributed by atoms with E-state index in [2.05, 4.69) is 10.2 Å². The highest BCUT2D eigenvalue weighted by Gasteiger charge is 2.34. The molecule has 5 atom stereocenters. The summed E-state index contributed by atoms with van der Waals surface area (Å²) in [5.41, 5.74) is 5.75. The van der Waals surface area contributed by atoms with Gasteiger partial charge in [-0.15, -0.1) is 0 Å². The van der Waals surface area contributed by atoms with Crippen LogP contribution in [-0.4, -0.2) is 64.9 Å². The van der Waals surface area contributed by atoms with Crippen molar-refractivity contribution in [3.05, 3.63) is 95.1 Å². The van der Waals surface area contributed by atoms with E-state index in [1.807, 2.05) is 72.8 Å². The van der Waals surface area contributed by atoms with E-state index in [0.29, 0.717) is 19.5 Å². The average molecular weight is 589 g/mol. The summed E-state index contributed by atoms with van der Waals surface area (Å²) in [6, 6.07) is 23.9. The number of amides is 1. The Morgan fingerprint density at radius 1 is 1.00 bits per heavy atom. The normalized spacial score (nSPS) is 23.1. The zero-order valence-electron chi connectivity index (χ0n) is 24.6. The minimum Gasteiger partial charge on any atom is -0.453 e. The molecule has 9 nitrogen and oxygen atoms in total. The number of rotatable bonds is 10. The van der Waals surface area contributed by atoms with Crippen molar-refractivity contribution >= 4 is 11.9 Å². The van der Waals surface area contributed by atoms with Crippen molar-refractivity contribution < 1.29 is 34.0 Å². The van der Waals surface area contributed by atoms with E-state index in [1.54, 1.807) is 6.92 Å². The second-order valence-corrected chi connectivity index (χ2v) is 11.3. The van der Waals surface area contributed by atoms with E-state index in [-0.39, 0.29) is 30.8 Å². The van der Waals surface area contributed by atoms with Gasteiger partial charge < -0.3 is 29.7 Å². The molecule has 2 aliphatic rings. The van der Waals surface area contributed by atoms with Crippen molar-refractivity contribution in [2.45, 2.75) is 70.5 Å². The van der Waals surface area contributed by atoms with Gasteiger partial charge in [-0.05, 0) is 47.2 Å². The Morgan fingerprint density at radius 2 is 1.74 bits per heavy atom. The van der Waals surface area contributed by atoms with Gasteiger partial charge in [-0.2, -0.15) is 0 Å². The van der Waals surface area contributed by atoms with E-state index in [4.69, 9.17) is 14.2 Å². The van der Waals surface area contributed by atoms with Crippen LogP contribution in [0.2, 0.25) is 0 Å². The first-order chi connectivity index (χ1) is 20.8. The number of esters is 1. The lowest BCUT2D eigenvalue weighted by atomic mass is 9.99. The first kappa shape index (κ1) is 30.8. The van der Waals surface area contributed by atoms with Crippen molar-refractivity contribution in [2.75, 3.05) is 19.6 Å². The van der Waals surface area contributed by atoms with E-state index < -0.39 is 18.4 Å². The zero-order chi connectivity index (χ0) is 30.3. The maximum atomic E-state index is 12.2. The van der Waals surface area contributed by atoms with Crippen LogP contribution >= 0.6 is 0 Å². The molecule has 43 heavy (non-hydrogen) atoms. The Morgan fingerprint density at radius 3 is 2.42 bits per heavy atom. The van der Waals surface area contributed by atoms with Crippen LogP contribution < -0.4 is 5.32 Å². The fraction of sp³-hybridized carbons (Fsp3) is 0.412. The largest absolute Gasteiger partial charge is 0.453 e. The van der Waals surface area contributed by atoms with Crippen LogP contribution in [0.3, 0.4) is 0 Å². The lowest BCUT2D eigenvalue weighted by molar-refractivity contribution is -0.252. The lowest BCUT2D eigenvalue weighted by Gasteiger charge is -2.37. The van der Waals surface area contributed by atoms with Crippen LogP contribution in [0.5, 0.6) is 0 Å². The fourth-order valence-electron chi connectivity index (χ4n) is 5.63. The molecule has 0 spiro atoms. The van der Waals surface area contributed by atoms with Crippen LogP contribution in [0.15, 0.2) is 72.8 Å². The highest BCUT2D eigenvalue weighted by atomic mass is 16.7. The highest BCUT2D eigenvalue weighted by Crippen LogP contribution is 2.39. The smallest absolute Gasteiger partial charge is 0.303 e. The number of hydrogen-bond acceptors (Lipinski definition) is 8. The van der Waals surface area contributed by atoms with Gasteiger partial charge in [-0.1, -0.05) is 66.7 Å². The van der Waals surface area contributed by atoms with Crippen molar-refractivity contribution in [1.29, 1.82) is 0 Å². The molecule has 3 N–H and O–H groups in total.